The van der Waals surface area contributed by atoms with Crippen LogP contribution in [0.3, 0.4) is 0 Å². The maximum Gasteiger partial charge on any atom is 0.328 e. The Kier molecular flexibility index (Phi) is 4.04. The topological polar surface area (TPSA) is 84.1 Å². The molecule has 0 bridgehead atoms. The van der Waals surface area contributed by atoms with Gasteiger partial charge in [0.2, 0.25) is 0 Å². The molecule has 0 aliphatic carbocycles. The van der Waals surface area contributed by atoms with Gasteiger partial charge in [-0.25, -0.2) is 4.79 Å². The SMILES string of the molecule is CCC(NC(=O)c1cc(C)[nH]n1)C(=O)OC. The van der Waals surface area contributed by atoms with E-state index in [-0.39, 0.29) is 11.6 Å². The lowest BCUT2D eigenvalue weighted by Crippen LogP contribution is -2.41. The average molecular weight is 225 g/mol. The fourth-order valence-corrected chi connectivity index (χ4v) is 1.24. The molecule has 6 nitrogen and oxygen atoms in total. The van der Waals surface area contributed by atoms with Gasteiger partial charge in [-0.2, -0.15) is 5.10 Å². The van der Waals surface area contributed by atoms with E-state index in [0.29, 0.717) is 6.42 Å². The summed E-state index contributed by atoms with van der Waals surface area (Å²) in [6.07, 6.45) is 0.474. The molecule has 16 heavy (non-hydrogen) atoms. The van der Waals surface area contributed by atoms with E-state index < -0.39 is 12.0 Å². The second kappa shape index (κ2) is 5.29. The minimum atomic E-state index is -0.630. The number of hydrogen-bond acceptors (Lipinski definition) is 4. The maximum atomic E-state index is 11.6. The van der Waals surface area contributed by atoms with Gasteiger partial charge in [0.15, 0.2) is 0 Å². The van der Waals surface area contributed by atoms with Crippen molar-refractivity contribution in [3.63, 3.8) is 0 Å². The van der Waals surface area contributed by atoms with Crippen LogP contribution in [0.15, 0.2) is 6.07 Å². The second-order valence-corrected chi connectivity index (χ2v) is 3.39. The summed E-state index contributed by atoms with van der Waals surface area (Å²) >= 11 is 0. The number of nitrogens with one attached hydrogen (secondary N) is 2. The fourth-order valence-electron chi connectivity index (χ4n) is 1.24. The molecular formula is C10H15N3O3. The standard InChI is InChI=1S/C10H15N3O3/c1-4-7(10(15)16-3)11-9(14)8-5-6(2)12-13-8/h5,7H,4H2,1-3H3,(H,11,14)(H,12,13). The molecule has 88 valence electrons. The Balaban J connectivity index is 2.66. The van der Waals surface area contributed by atoms with Crippen molar-refractivity contribution in [1.29, 1.82) is 0 Å². The number of rotatable bonds is 4. The van der Waals surface area contributed by atoms with Crippen molar-refractivity contribution in [2.45, 2.75) is 26.3 Å². The van der Waals surface area contributed by atoms with Crippen molar-refractivity contribution in [1.82, 2.24) is 15.5 Å². The van der Waals surface area contributed by atoms with Crippen LogP contribution in [0.1, 0.15) is 29.5 Å². The van der Waals surface area contributed by atoms with Gasteiger partial charge in [-0.05, 0) is 19.4 Å². The highest BCUT2D eigenvalue weighted by atomic mass is 16.5. The molecule has 0 aromatic carbocycles. The normalized spacial score (nSPS) is 11.9. The van der Waals surface area contributed by atoms with Gasteiger partial charge in [0, 0.05) is 5.69 Å². The van der Waals surface area contributed by atoms with Crippen molar-refractivity contribution in [2.75, 3.05) is 7.11 Å². The van der Waals surface area contributed by atoms with Gasteiger partial charge in [0.1, 0.15) is 11.7 Å². The first-order valence-corrected chi connectivity index (χ1v) is 4.99. The number of aromatic nitrogens is 2. The summed E-state index contributed by atoms with van der Waals surface area (Å²) < 4.78 is 4.56. The summed E-state index contributed by atoms with van der Waals surface area (Å²) in [5, 5.41) is 9.01. The Morgan fingerprint density at radius 2 is 2.31 bits per heavy atom. The van der Waals surface area contributed by atoms with Crippen molar-refractivity contribution in [3.8, 4) is 0 Å². The Bertz CT molecular complexity index is 386. The molecule has 0 aliphatic heterocycles. The summed E-state index contributed by atoms with van der Waals surface area (Å²) in [7, 11) is 1.29. The Morgan fingerprint density at radius 3 is 2.75 bits per heavy atom. The van der Waals surface area contributed by atoms with Crippen LogP contribution in [0.4, 0.5) is 0 Å². The molecule has 2 N–H and O–H groups in total. The van der Waals surface area contributed by atoms with Crippen molar-refractivity contribution in [3.05, 3.63) is 17.5 Å². The molecule has 0 saturated heterocycles. The molecule has 1 heterocycles. The first kappa shape index (κ1) is 12.2. The molecule has 0 spiro atoms. The zero-order valence-corrected chi connectivity index (χ0v) is 9.53. The molecule has 6 heteroatoms. The first-order valence-electron chi connectivity index (χ1n) is 4.99. The number of amides is 1. The molecule has 0 radical (unpaired) electrons. The smallest absolute Gasteiger partial charge is 0.328 e. The van der Waals surface area contributed by atoms with Crippen molar-refractivity contribution >= 4 is 11.9 Å². The van der Waals surface area contributed by atoms with E-state index in [2.05, 4.69) is 20.3 Å². The molecule has 1 aromatic rings. The number of carbonyl (C=O) groups is 2. The number of esters is 1. The number of carbonyl (C=O) groups excluding carboxylic acids is 2. The minimum Gasteiger partial charge on any atom is -0.467 e. The molecule has 0 aliphatic rings. The van der Waals surface area contributed by atoms with Gasteiger partial charge >= 0.3 is 5.97 Å². The Labute approximate surface area is 93.4 Å². The van der Waals surface area contributed by atoms with E-state index in [1.165, 1.54) is 7.11 Å². The molecular weight excluding hydrogens is 210 g/mol. The lowest BCUT2D eigenvalue weighted by molar-refractivity contribution is -0.142. The number of hydrogen-bond donors (Lipinski definition) is 2. The van der Waals surface area contributed by atoms with Crippen LogP contribution in [0.2, 0.25) is 0 Å². The molecule has 0 fully saturated rings. The van der Waals surface area contributed by atoms with E-state index in [1.807, 2.05) is 0 Å². The maximum absolute atomic E-state index is 11.6. The largest absolute Gasteiger partial charge is 0.467 e. The van der Waals surface area contributed by atoms with Gasteiger partial charge < -0.3 is 10.1 Å². The number of methoxy groups -OCH3 is 1. The third-order valence-electron chi connectivity index (χ3n) is 2.14. The van der Waals surface area contributed by atoms with Crippen LogP contribution in [0.5, 0.6) is 0 Å². The Morgan fingerprint density at radius 1 is 1.62 bits per heavy atom. The highest BCUT2D eigenvalue weighted by Gasteiger charge is 2.20. The highest BCUT2D eigenvalue weighted by Crippen LogP contribution is 2.00. The molecule has 1 rings (SSSR count). The van der Waals surface area contributed by atoms with Crippen LogP contribution in [0, 0.1) is 6.92 Å². The van der Waals surface area contributed by atoms with Crippen LogP contribution in [-0.4, -0.2) is 35.2 Å². The summed E-state index contributed by atoms with van der Waals surface area (Å²) in [6.45, 7) is 3.58. The quantitative estimate of drug-likeness (QED) is 0.726. The van der Waals surface area contributed by atoms with Gasteiger partial charge in [0.25, 0.3) is 5.91 Å². The van der Waals surface area contributed by atoms with E-state index in [1.54, 1.807) is 19.9 Å². The zero-order valence-electron chi connectivity index (χ0n) is 9.53. The van der Waals surface area contributed by atoms with Gasteiger partial charge in [0.05, 0.1) is 7.11 Å². The molecule has 1 atom stereocenters. The van der Waals surface area contributed by atoms with Gasteiger partial charge in [-0.3, -0.25) is 9.89 Å². The van der Waals surface area contributed by atoms with E-state index >= 15 is 0 Å². The number of ether oxygens (including phenoxy) is 1. The average Bonchev–Trinajstić information content (AvgIpc) is 2.71. The Hall–Kier alpha value is -1.85. The van der Waals surface area contributed by atoms with Crippen LogP contribution >= 0.6 is 0 Å². The van der Waals surface area contributed by atoms with Crippen molar-refractivity contribution < 1.29 is 14.3 Å². The number of aromatic amines is 1. The zero-order chi connectivity index (χ0) is 12.1. The molecule has 0 saturated carbocycles. The third kappa shape index (κ3) is 2.82. The monoisotopic (exact) mass is 225 g/mol. The third-order valence-corrected chi connectivity index (χ3v) is 2.14. The highest BCUT2D eigenvalue weighted by molar-refractivity contribution is 5.95. The fraction of sp³-hybridized carbons (Fsp3) is 0.500. The van der Waals surface area contributed by atoms with Crippen LogP contribution in [0.25, 0.3) is 0 Å². The van der Waals surface area contributed by atoms with E-state index in [0.717, 1.165) is 5.69 Å². The predicted molar refractivity (Wildman–Crippen MR) is 56.9 cm³/mol. The van der Waals surface area contributed by atoms with Gasteiger partial charge in [-0.15, -0.1) is 0 Å². The predicted octanol–water partition coefficient (Wildman–Crippen LogP) is 0.400. The number of nitrogens with zero attached hydrogens (tertiary/aromatic N) is 1. The minimum absolute atomic E-state index is 0.264. The second-order valence-electron chi connectivity index (χ2n) is 3.39. The van der Waals surface area contributed by atoms with Crippen molar-refractivity contribution in [2.24, 2.45) is 0 Å². The summed E-state index contributed by atoms with van der Waals surface area (Å²) in [5.41, 5.74) is 1.05. The lowest BCUT2D eigenvalue weighted by Gasteiger charge is -2.13. The summed E-state index contributed by atoms with van der Waals surface area (Å²) in [4.78, 5) is 22.9. The number of aryl methyl sites for hydroxylation is 1. The lowest BCUT2D eigenvalue weighted by atomic mass is 10.2. The molecule has 1 aromatic heterocycles. The van der Waals surface area contributed by atoms with E-state index in [9.17, 15) is 9.59 Å². The number of H-pyrrole nitrogens is 1. The van der Waals surface area contributed by atoms with E-state index in [4.69, 9.17) is 0 Å². The summed E-state index contributed by atoms with van der Waals surface area (Å²) in [6, 6.07) is 0.980. The van der Waals surface area contributed by atoms with Gasteiger partial charge in [-0.1, -0.05) is 6.92 Å². The molecule has 1 amide bonds. The summed E-state index contributed by atoms with van der Waals surface area (Å²) in [5.74, 6) is -0.843. The van der Waals surface area contributed by atoms with Crippen LogP contribution in [-0.2, 0) is 9.53 Å². The molecule has 1 unspecified atom stereocenters. The van der Waals surface area contributed by atoms with Crippen LogP contribution < -0.4 is 5.32 Å². The first-order chi connectivity index (χ1) is 7.58.